The molecule has 1 heterocycles. The summed E-state index contributed by atoms with van der Waals surface area (Å²) in [6, 6.07) is 2.04. The molecule has 15 heavy (non-hydrogen) atoms. The molecule has 4 nitrogen and oxygen atoms in total. The van der Waals surface area contributed by atoms with Crippen LogP contribution in [0.3, 0.4) is 0 Å². The van der Waals surface area contributed by atoms with E-state index in [9.17, 15) is 9.90 Å². The Balaban J connectivity index is 2.47. The fourth-order valence-electron chi connectivity index (χ4n) is 1.10. The van der Waals surface area contributed by atoms with E-state index in [1.807, 2.05) is 18.4 Å². The van der Waals surface area contributed by atoms with E-state index in [4.69, 9.17) is 5.73 Å². The first-order valence-corrected chi connectivity index (χ1v) is 6.13. The van der Waals surface area contributed by atoms with Gasteiger partial charge in [-0.3, -0.25) is 4.79 Å². The van der Waals surface area contributed by atoms with Gasteiger partial charge in [-0.1, -0.05) is 0 Å². The first-order chi connectivity index (χ1) is 7.02. The highest BCUT2D eigenvalue weighted by Crippen LogP contribution is 2.28. The van der Waals surface area contributed by atoms with Crippen LogP contribution in [0.4, 0.5) is 0 Å². The number of aliphatic hydroxyl groups is 1. The van der Waals surface area contributed by atoms with Crippen LogP contribution in [0.25, 0.3) is 0 Å². The number of nitrogens with one attached hydrogen (secondary N) is 1. The molecular weight excluding hydrogens is 280 g/mol. The molecule has 84 valence electrons. The van der Waals surface area contributed by atoms with Crippen molar-refractivity contribution < 1.29 is 9.90 Å². The highest BCUT2D eigenvalue weighted by atomic mass is 79.9. The van der Waals surface area contributed by atoms with E-state index in [1.54, 1.807) is 11.3 Å². The number of thiophene rings is 1. The SMILES string of the molecule is CC(NCC(O)C(N)=O)c1sccc1Br. The Bertz CT molecular complexity index is 343. The van der Waals surface area contributed by atoms with Crippen LogP contribution in [0.1, 0.15) is 17.8 Å². The van der Waals surface area contributed by atoms with E-state index in [-0.39, 0.29) is 12.6 Å². The lowest BCUT2D eigenvalue weighted by Gasteiger charge is -2.14. The van der Waals surface area contributed by atoms with Gasteiger partial charge in [0.2, 0.25) is 5.91 Å². The monoisotopic (exact) mass is 292 g/mol. The largest absolute Gasteiger partial charge is 0.382 e. The van der Waals surface area contributed by atoms with Gasteiger partial charge < -0.3 is 16.2 Å². The fraction of sp³-hybridized carbons (Fsp3) is 0.444. The molecule has 1 rings (SSSR count). The number of carbonyl (C=O) groups is 1. The Morgan fingerprint density at radius 1 is 1.80 bits per heavy atom. The molecule has 0 aliphatic carbocycles. The number of aliphatic hydroxyl groups excluding tert-OH is 1. The second-order valence-electron chi connectivity index (χ2n) is 3.18. The van der Waals surface area contributed by atoms with Gasteiger partial charge in [-0.05, 0) is 34.3 Å². The van der Waals surface area contributed by atoms with Crippen LogP contribution in [0, 0.1) is 0 Å². The second-order valence-corrected chi connectivity index (χ2v) is 4.98. The molecule has 0 bridgehead atoms. The van der Waals surface area contributed by atoms with Crippen molar-refractivity contribution in [2.45, 2.75) is 19.1 Å². The zero-order valence-electron chi connectivity index (χ0n) is 8.24. The predicted molar refractivity (Wildman–Crippen MR) is 63.6 cm³/mol. The van der Waals surface area contributed by atoms with Crippen molar-refractivity contribution in [2.75, 3.05) is 6.54 Å². The number of nitrogens with two attached hydrogens (primary N) is 1. The van der Waals surface area contributed by atoms with E-state index in [1.165, 1.54) is 0 Å². The zero-order chi connectivity index (χ0) is 11.4. The van der Waals surface area contributed by atoms with Gasteiger partial charge in [-0.2, -0.15) is 0 Å². The number of hydrogen-bond acceptors (Lipinski definition) is 4. The van der Waals surface area contributed by atoms with Gasteiger partial charge in [0.15, 0.2) is 0 Å². The molecule has 0 saturated heterocycles. The summed E-state index contributed by atoms with van der Waals surface area (Å²) in [5, 5.41) is 14.2. The molecule has 2 atom stereocenters. The third-order valence-corrected chi connectivity index (χ3v) is 4.04. The molecule has 0 saturated carbocycles. The average Bonchev–Trinajstić information content (AvgIpc) is 2.60. The molecular formula is C9H13BrN2O2S. The number of rotatable bonds is 5. The number of carbonyl (C=O) groups excluding carboxylic acids is 1. The first kappa shape index (κ1) is 12.6. The summed E-state index contributed by atoms with van der Waals surface area (Å²) in [5.74, 6) is -0.708. The summed E-state index contributed by atoms with van der Waals surface area (Å²) in [7, 11) is 0. The number of amides is 1. The summed E-state index contributed by atoms with van der Waals surface area (Å²) < 4.78 is 1.03. The highest BCUT2D eigenvalue weighted by Gasteiger charge is 2.14. The molecule has 0 radical (unpaired) electrons. The van der Waals surface area contributed by atoms with Crippen LogP contribution >= 0.6 is 27.3 Å². The normalized spacial score (nSPS) is 14.9. The second kappa shape index (κ2) is 5.60. The van der Waals surface area contributed by atoms with Crippen LogP contribution in [0.15, 0.2) is 15.9 Å². The summed E-state index contributed by atoms with van der Waals surface area (Å²) >= 11 is 5.03. The lowest BCUT2D eigenvalue weighted by molar-refractivity contribution is -0.125. The molecule has 0 aliphatic heterocycles. The molecule has 0 fully saturated rings. The van der Waals surface area contributed by atoms with Gasteiger partial charge >= 0.3 is 0 Å². The van der Waals surface area contributed by atoms with Crippen molar-refractivity contribution in [1.29, 1.82) is 0 Å². The maximum absolute atomic E-state index is 10.6. The minimum absolute atomic E-state index is 0.0772. The molecule has 0 spiro atoms. The zero-order valence-corrected chi connectivity index (χ0v) is 10.6. The average molecular weight is 293 g/mol. The molecule has 1 aromatic heterocycles. The van der Waals surface area contributed by atoms with E-state index in [2.05, 4.69) is 21.2 Å². The standard InChI is InChI=1S/C9H13BrN2O2S/c1-5(8-6(10)2-3-15-8)12-4-7(13)9(11)14/h2-3,5,7,12-13H,4H2,1H3,(H2,11,14). The maximum atomic E-state index is 10.6. The van der Waals surface area contributed by atoms with Gasteiger partial charge in [0.1, 0.15) is 6.10 Å². The van der Waals surface area contributed by atoms with E-state index >= 15 is 0 Å². The molecule has 6 heteroatoms. The van der Waals surface area contributed by atoms with Crippen molar-refractivity contribution in [3.05, 3.63) is 20.8 Å². The van der Waals surface area contributed by atoms with Gasteiger partial charge in [0.05, 0.1) is 0 Å². The molecule has 0 aromatic carbocycles. The van der Waals surface area contributed by atoms with Crippen LogP contribution in [-0.4, -0.2) is 23.7 Å². The Hall–Kier alpha value is -0.430. The third kappa shape index (κ3) is 3.57. The number of primary amides is 1. The van der Waals surface area contributed by atoms with E-state index in [0.717, 1.165) is 9.35 Å². The predicted octanol–water partition coefficient (Wildman–Crippen LogP) is 1.01. The van der Waals surface area contributed by atoms with E-state index < -0.39 is 12.0 Å². The minimum Gasteiger partial charge on any atom is -0.382 e. The van der Waals surface area contributed by atoms with Crippen molar-refractivity contribution in [3.8, 4) is 0 Å². The molecule has 1 aromatic rings. The van der Waals surface area contributed by atoms with Crippen molar-refractivity contribution >= 4 is 33.2 Å². The molecule has 4 N–H and O–H groups in total. The minimum atomic E-state index is -1.13. The smallest absolute Gasteiger partial charge is 0.247 e. The Morgan fingerprint density at radius 2 is 2.47 bits per heavy atom. The first-order valence-electron chi connectivity index (χ1n) is 4.46. The van der Waals surface area contributed by atoms with Crippen molar-refractivity contribution in [1.82, 2.24) is 5.32 Å². The molecule has 2 unspecified atom stereocenters. The lowest BCUT2D eigenvalue weighted by atomic mass is 10.2. The Morgan fingerprint density at radius 3 is 2.93 bits per heavy atom. The van der Waals surface area contributed by atoms with Crippen LogP contribution in [0.5, 0.6) is 0 Å². The topological polar surface area (TPSA) is 75.3 Å². The quantitative estimate of drug-likeness (QED) is 0.758. The van der Waals surface area contributed by atoms with Gasteiger partial charge in [-0.15, -0.1) is 11.3 Å². The Labute approximate surface area is 101 Å². The fourth-order valence-corrected chi connectivity index (χ4v) is 2.85. The number of hydrogen-bond donors (Lipinski definition) is 3. The lowest BCUT2D eigenvalue weighted by Crippen LogP contribution is -2.38. The van der Waals surface area contributed by atoms with Crippen molar-refractivity contribution in [3.63, 3.8) is 0 Å². The van der Waals surface area contributed by atoms with E-state index in [0.29, 0.717) is 0 Å². The van der Waals surface area contributed by atoms with Crippen molar-refractivity contribution in [2.24, 2.45) is 5.73 Å². The summed E-state index contributed by atoms with van der Waals surface area (Å²) in [5.41, 5.74) is 4.94. The van der Waals surface area contributed by atoms with Crippen LogP contribution in [0.2, 0.25) is 0 Å². The number of halogens is 1. The van der Waals surface area contributed by atoms with Crippen LogP contribution in [-0.2, 0) is 4.79 Å². The molecule has 1 amide bonds. The maximum Gasteiger partial charge on any atom is 0.247 e. The summed E-state index contributed by atoms with van der Waals surface area (Å²) in [6.45, 7) is 2.13. The van der Waals surface area contributed by atoms with Gasteiger partial charge in [0.25, 0.3) is 0 Å². The Kier molecular flexibility index (Phi) is 4.72. The highest BCUT2D eigenvalue weighted by molar-refractivity contribution is 9.10. The van der Waals surface area contributed by atoms with Gasteiger partial charge in [0, 0.05) is 21.9 Å². The summed E-state index contributed by atoms with van der Waals surface area (Å²) in [4.78, 5) is 11.7. The van der Waals surface area contributed by atoms with Gasteiger partial charge in [-0.25, -0.2) is 0 Å². The van der Waals surface area contributed by atoms with Crippen LogP contribution < -0.4 is 11.1 Å². The third-order valence-electron chi connectivity index (χ3n) is 1.98. The molecule has 0 aliphatic rings. The summed E-state index contributed by atoms with van der Waals surface area (Å²) in [6.07, 6.45) is -1.13.